The summed E-state index contributed by atoms with van der Waals surface area (Å²) >= 11 is 0. The Kier molecular flexibility index (Phi) is 14.2. The van der Waals surface area contributed by atoms with Gasteiger partial charge in [0.15, 0.2) is 11.6 Å². The van der Waals surface area contributed by atoms with E-state index in [0.717, 1.165) is 70.8 Å². The van der Waals surface area contributed by atoms with Crippen molar-refractivity contribution in [2.45, 2.75) is 127 Å². The maximum absolute atomic E-state index is 17.6. The Morgan fingerprint density at radius 2 is 1.67 bits per heavy atom. The number of halogens is 4. The third-order valence-electron chi connectivity index (χ3n) is 19.0. The highest BCUT2D eigenvalue weighted by Crippen LogP contribution is 2.46. The topological polar surface area (TPSA) is 181 Å². The molecule has 0 aliphatic carbocycles. The molecule has 3 aromatic carbocycles. The average Bonchev–Trinajstić information content (AvgIpc) is 4.07. The third-order valence-corrected chi connectivity index (χ3v) is 19.0. The normalized spacial score (nSPS) is 24.0. The Morgan fingerprint density at radius 3 is 2.46 bits per heavy atom. The molecule has 0 saturated carbocycles. The fourth-order valence-corrected chi connectivity index (χ4v) is 14.9. The van der Waals surface area contributed by atoms with Gasteiger partial charge in [0.25, 0.3) is 0 Å². The first kappa shape index (κ1) is 53.4. The summed E-state index contributed by atoms with van der Waals surface area (Å²) in [5.74, 6) is -2.90. The Morgan fingerprint density at radius 1 is 0.864 bits per heavy atom. The number of aryl methyl sites for hydroxylation is 3. The van der Waals surface area contributed by atoms with Crippen LogP contribution in [0.3, 0.4) is 0 Å². The van der Waals surface area contributed by atoms with Crippen molar-refractivity contribution in [3.8, 4) is 23.0 Å². The highest BCUT2D eigenvalue weighted by Gasteiger charge is 2.50. The number of carbonyl (C=O) groups excluding carboxylic acids is 3. The molecule has 6 aromatic rings. The molecule has 2 N–H and O–H groups in total. The van der Waals surface area contributed by atoms with Crippen LogP contribution in [0.25, 0.3) is 43.8 Å². The number of hydrogen-bond acceptors (Lipinski definition) is 14. The van der Waals surface area contributed by atoms with Crippen LogP contribution in [-0.4, -0.2) is 141 Å². The number of benzene rings is 3. The van der Waals surface area contributed by atoms with E-state index in [1.54, 1.807) is 24.1 Å². The Bertz CT molecular complexity index is 3490. The lowest BCUT2D eigenvalue weighted by Gasteiger charge is -2.37. The van der Waals surface area contributed by atoms with Crippen molar-refractivity contribution in [2.24, 2.45) is 18.9 Å². The predicted octanol–water partition coefficient (Wildman–Crippen LogP) is 9.15. The van der Waals surface area contributed by atoms with E-state index in [1.165, 1.54) is 22.9 Å². The van der Waals surface area contributed by atoms with Gasteiger partial charge in [-0.25, -0.2) is 27.3 Å². The van der Waals surface area contributed by atoms with Crippen LogP contribution < -0.4 is 19.9 Å². The number of imide groups is 1. The number of phenolic OH excluding ortho intramolecular Hbond substituents is 1. The molecule has 6 saturated heterocycles. The molecular formula is C60H68F4N10O7. The molecule has 0 radical (unpaired) electrons. The lowest BCUT2D eigenvalue weighted by Crippen LogP contribution is -2.48. The number of aromatic nitrogens is 5. The minimum absolute atomic E-state index is 0.00426. The van der Waals surface area contributed by atoms with Crippen molar-refractivity contribution >= 4 is 62.0 Å². The molecule has 1 unspecified atom stereocenters. The first-order valence-corrected chi connectivity index (χ1v) is 29.2. The van der Waals surface area contributed by atoms with E-state index in [0.29, 0.717) is 110 Å². The van der Waals surface area contributed by atoms with E-state index in [9.17, 15) is 19.5 Å². The van der Waals surface area contributed by atoms with Crippen LogP contribution in [0.1, 0.15) is 113 Å². The number of nitrogens with one attached hydrogen (secondary N) is 1. The van der Waals surface area contributed by atoms with Crippen LogP contribution >= 0.6 is 0 Å². The zero-order valence-corrected chi connectivity index (χ0v) is 45.9. The minimum Gasteiger partial charge on any atom is -0.508 e. The number of piperidine rings is 3. The molecule has 7 aliphatic heterocycles. The second-order valence-electron chi connectivity index (χ2n) is 23.7. The van der Waals surface area contributed by atoms with E-state index >= 15 is 17.6 Å². The molecule has 6 fully saturated rings. The van der Waals surface area contributed by atoms with Crippen molar-refractivity contribution in [3.63, 3.8) is 0 Å². The Balaban J connectivity index is 0.642. The number of amides is 3. The lowest BCUT2D eigenvalue weighted by molar-refractivity contribution is -0.134. The van der Waals surface area contributed by atoms with Crippen LogP contribution in [0.4, 0.5) is 33.9 Å². The highest BCUT2D eigenvalue weighted by molar-refractivity contribution is 6.04. The van der Waals surface area contributed by atoms with Gasteiger partial charge in [-0.1, -0.05) is 13.0 Å². The maximum atomic E-state index is 17.6. The lowest BCUT2D eigenvalue weighted by atomic mass is 9.82. The number of rotatable bonds is 11. The third kappa shape index (κ3) is 9.62. The van der Waals surface area contributed by atoms with Crippen LogP contribution in [0, 0.1) is 35.1 Å². The number of ether oxygens (including phenoxy) is 3. The molecule has 21 heteroatoms. The summed E-state index contributed by atoms with van der Waals surface area (Å²) in [7, 11) is 1.58. The first-order chi connectivity index (χ1) is 39.2. The summed E-state index contributed by atoms with van der Waals surface area (Å²) in [6.07, 6.45) is 10.0. The standard InChI is InChI=1S/C60H68F4N10O7/c1-3-39-43(61)9-6-35-27-38(75)28-41(47(35)39)52-49(63)53-48-45(65-52)10-7-36-30-79-25-5-19-73(36)56(48)68-58(67-53)81-32-60-17-4-20-74(60)37(12-18-60)31-80-59(78)72-23-15-34(16-24-72)26-33-13-21-71(22-14-33)55-44(62)29-42-51(69-70(2)54(42)50(55)64)40-8-11-46(76)66-57(40)77/h6,9,27-29,33-34,36-37,40,75H,3-5,7-8,10-26,30-32H2,1-2H3,(H,66,76,77)/t36-,37-,40?,60-/m0/s1. The number of hydrogen-bond donors (Lipinski definition) is 2. The highest BCUT2D eigenvalue weighted by atomic mass is 19.1. The summed E-state index contributed by atoms with van der Waals surface area (Å²) in [5.41, 5.74) is 1.33. The number of pyridine rings is 1. The van der Waals surface area contributed by atoms with Crippen molar-refractivity contribution in [3.05, 3.63) is 70.6 Å². The Hall–Kier alpha value is -6.87. The molecule has 428 valence electrons. The number of anilines is 2. The summed E-state index contributed by atoms with van der Waals surface area (Å²) in [6, 6.07) is 7.24. The number of aromatic hydroxyl groups is 1. The second-order valence-corrected chi connectivity index (χ2v) is 23.7. The second kappa shape index (κ2) is 21.5. The van der Waals surface area contributed by atoms with Gasteiger partial charge in [-0.2, -0.15) is 15.1 Å². The van der Waals surface area contributed by atoms with Gasteiger partial charge in [0.05, 0.1) is 40.9 Å². The summed E-state index contributed by atoms with van der Waals surface area (Å²) < 4.78 is 85.2. The number of phenols is 1. The van der Waals surface area contributed by atoms with Crippen molar-refractivity contribution in [2.75, 3.05) is 75.5 Å². The quantitative estimate of drug-likeness (QED) is 0.0926. The fraction of sp³-hybridized carbons (Fsp3) is 0.550. The van der Waals surface area contributed by atoms with Gasteiger partial charge in [-0.05, 0) is 149 Å². The molecule has 7 aliphatic rings. The van der Waals surface area contributed by atoms with Gasteiger partial charge in [0.1, 0.15) is 58.8 Å². The molecule has 0 spiro atoms. The monoisotopic (exact) mass is 1120 g/mol. The molecule has 10 heterocycles. The summed E-state index contributed by atoms with van der Waals surface area (Å²) in [4.78, 5) is 61.1. The number of nitrogens with zero attached hydrogens (tertiary/aromatic N) is 9. The molecular weight excluding hydrogens is 1050 g/mol. The van der Waals surface area contributed by atoms with Crippen molar-refractivity contribution in [1.29, 1.82) is 0 Å². The Labute approximate surface area is 466 Å². The van der Waals surface area contributed by atoms with Crippen molar-refractivity contribution < 1.29 is 51.3 Å². The summed E-state index contributed by atoms with van der Waals surface area (Å²) in [5, 5.41) is 19.5. The van der Waals surface area contributed by atoms with Gasteiger partial charge >= 0.3 is 12.1 Å². The summed E-state index contributed by atoms with van der Waals surface area (Å²) in [6.45, 7) is 7.08. The SMILES string of the molecule is CCc1c(F)ccc2cc(O)cc(-c3nc4c5c(nc(OC[C@@]67CCCN6[C@H](COC(=O)N6CCC(CC8CCN(c9c(F)cc%10c(C%11CCC(=O)NC%11=O)nn(C)c%10c9F)CC8)CC6)CC7)nc5c3F)N3CCCOC[C@@H]3CC4)c12. The van der Waals surface area contributed by atoms with Gasteiger partial charge < -0.3 is 34.0 Å². The molecule has 3 amide bonds. The molecule has 0 bridgehead atoms. The molecule has 81 heavy (non-hydrogen) atoms. The van der Waals surface area contributed by atoms with E-state index in [2.05, 4.69) is 20.2 Å². The predicted molar refractivity (Wildman–Crippen MR) is 294 cm³/mol. The molecule has 3 aromatic heterocycles. The van der Waals surface area contributed by atoms with Crippen molar-refractivity contribution in [1.82, 2.24) is 39.8 Å². The number of carbonyl (C=O) groups is 3. The zero-order chi connectivity index (χ0) is 55.8. The minimum atomic E-state index is -0.767. The largest absolute Gasteiger partial charge is 0.508 e. The van der Waals surface area contributed by atoms with E-state index in [1.807, 2.05) is 11.8 Å². The maximum Gasteiger partial charge on any atom is 0.409 e. The zero-order valence-electron chi connectivity index (χ0n) is 45.9. The smallest absolute Gasteiger partial charge is 0.409 e. The van der Waals surface area contributed by atoms with Crippen LogP contribution in [0.2, 0.25) is 0 Å². The number of likely N-dealkylation sites (tertiary alicyclic amines) is 1. The average molecular weight is 1120 g/mol. The fourth-order valence-electron chi connectivity index (χ4n) is 14.9. The van der Waals surface area contributed by atoms with Gasteiger partial charge in [0.2, 0.25) is 11.8 Å². The van der Waals surface area contributed by atoms with Gasteiger partial charge in [-0.15, -0.1) is 0 Å². The van der Waals surface area contributed by atoms with E-state index in [-0.39, 0.29) is 106 Å². The molecule has 13 rings (SSSR count). The first-order valence-electron chi connectivity index (χ1n) is 29.2. The van der Waals surface area contributed by atoms with Crippen LogP contribution in [-0.2, 0) is 39.0 Å². The molecule has 4 atom stereocenters. The van der Waals surface area contributed by atoms with Crippen LogP contribution in [0.15, 0.2) is 30.3 Å². The van der Waals surface area contributed by atoms with Crippen LogP contribution in [0.5, 0.6) is 11.8 Å². The number of fused-ring (bicyclic) bond motifs is 5. The van der Waals surface area contributed by atoms with Gasteiger partial charge in [-0.3, -0.25) is 24.5 Å². The molecule has 17 nitrogen and oxygen atoms in total. The van der Waals surface area contributed by atoms with Gasteiger partial charge in [0, 0.05) is 69.8 Å². The van der Waals surface area contributed by atoms with E-state index in [4.69, 9.17) is 29.2 Å². The van der Waals surface area contributed by atoms with E-state index < -0.39 is 35.1 Å².